The molecule has 4 rings (SSSR count). The van der Waals surface area contributed by atoms with E-state index in [9.17, 15) is 9.59 Å². The summed E-state index contributed by atoms with van der Waals surface area (Å²) in [4.78, 5) is 34.2. The molecule has 1 aliphatic heterocycles. The predicted molar refractivity (Wildman–Crippen MR) is 123 cm³/mol. The van der Waals surface area contributed by atoms with Crippen molar-refractivity contribution in [1.29, 1.82) is 0 Å². The number of hydrogen-bond acceptors (Lipinski definition) is 3. The van der Waals surface area contributed by atoms with E-state index in [0.717, 1.165) is 22.5 Å². The second-order valence-electron chi connectivity index (χ2n) is 7.66. The lowest BCUT2D eigenvalue weighted by Crippen LogP contribution is -2.34. The van der Waals surface area contributed by atoms with Gasteiger partial charge in [-0.2, -0.15) is 0 Å². The van der Waals surface area contributed by atoms with Crippen molar-refractivity contribution >= 4 is 28.5 Å². The summed E-state index contributed by atoms with van der Waals surface area (Å²) in [6.07, 6.45) is 3.79. The molecule has 6 heteroatoms. The SMILES string of the molecule is C=CCN(CC=C)C(=O)Cn1c(C2CC(=O)N(c3ccccc3)C2)nc2ccccc21. The number of benzene rings is 2. The van der Waals surface area contributed by atoms with Crippen LogP contribution < -0.4 is 4.90 Å². The number of aromatic nitrogens is 2. The second-order valence-corrected chi connectivity index (χ2v) is 7.66. The standard InChI is InChI=1S/C25H26N4O2/c1-3-14-27(15-4-2)24(31)18-29-22-13-9-8-12-21(22)26-25(29)19-16-23(30)28(17-19)20-10-6-5-7-11-20/h3-13,19H,1-2,14-18H2. The molecule has 2 heterocycles. The molecule has 0 radical (unpaired) electrons. The molecule has 0 N–H and O–H groups in total. The Labute approximate surface area is 182 Å². The molecule has 6 nitrogen and oxygen atoms in total. The zero-order valence-electron chi connectivity index (χ0n) is 17.5. The van der Waals surface area contributed by atoms with E-state index >= 15 is 0 Å². The second kappa shape index (κ2) is 9.00. The van der Waals surface area contributed by atoms with Gasteiger partial charge in [-0.25, -0.2) is 4.98 Å². The summed E-state index contributed by atoms with van der Waals surface area (Å²) < 4.78 is 1.96. The van der Waals surface area contributed by atoms with E-state index in [2.05, 4.69) is 13.2 Å². The quantitative estimate of drug-likeness (QED) is 0.528. The first kappa shape index (κ1) is 20.6. The van der Waals surface area contributed by atoms with Crippen LogP contribution in [0.15, 0.2) is 79.9 Å². The highest BCUT2D eigenvalue weighted by Crippen LogP contribution is 2.33. The van der Waals surface area contributed by atoms with E-state index in [1.807, 2.05) is 59.2 Å². The van der Waals surface area contributed by atoms with Crippen LogP contribution in [0, 0.1) is 0 Å². The zero-order valence-corrected chi connectivity index (χ0v) is 17.5. The first-order valence-electron chi connectivity index (χ1n) is 10.4. The Morgan fingerprint density at radius 3 is 2.45 bits per heavy atom. The molecule has 1 atom stereocenters. The molecule has 1 fully saturated rings. The number of imidazole rings is 1. The van der Waals surface area contributed by atoms with Crippen LogP contribution in [0.3, 0.4) is 0 Å². The van der Waals surface area contributed by atoms with Crippen molar-refractivity contribution in [2.24, 2.45) is 0 Å². The van der Waals surface area contributed by atoms with Crippen molar-refractivity contribution in [3.05, 3.63) is 85.7 Å². The molecule has 1 saturated heterocycles. The number of carbonyl (C=O) groups is 2. The summed E-state index contributed by atoms with van der Waals surface area (Å²) in [5.74, 6) is 0.730. The Kier molecular flexibility index (Phi) is 5.98. The highest BCUT2D eigenvalue weighted by molar-refractivity contribution is 5.96. The third kappa shape index (κ3) is 4.14. The van der Waals surface area contributed by atoms with Crippen molar-refractivity contribution in [2.75, 3.05) is 24.5 Å². The summed E-state index contributed by atoms with van der Waals surface area (Å²) in [5.41, 5.74) is 2.61. The monoisotopic (exact) mass is 414 g/mol. The maximum atomic E-state index is 13.1. The fourth-order valence-corrected chi connectivity index (χ4v) is 4.14. The summed E-state index contributed by atoms with van der Waals surface area (Å²) >= 11 is 0. The lowest BCUT2D eigenvalue weighted by Gasteiger charge is -2.21. The first-order valence-corrected chi connectivity index (χ1v) is 10.4. The number of fused-ring (bicyclic) bond motifs is 1. The third-order valence-electron chi connectivity index (χ3n) is 5.59. The van der Waals surface area contributed by atoms with Gasteiger partial charge in [-0.05, 0) is 24.3 Å². The molecule has 2 aromatic carbocycles. The molecule has 0 spiro atoms. The minimum atomic E-state index is -0.0832. The first-order chi connectivity index (χ1) is 15.1. The van der Waals surface area contributed by atoms with Crippen molar-refractivity contribution in [2.45, 2.75) is 18.9 Å². The van der Waals surface area contributed by atoms with Gasteiger partial charge in [0.2, 0.25) is 11.8 Å². The number of nitrogens with zero attached hydrogens (tertiary/aromatic N) is 4. The Hall–Kier alpha value is -3.67. The molecule has 0 saturated carbocycles. The van der Waals surface area contributed by atoms with Gasteiger partial charge in [0.15, 0.2) is 0 Å². The van der Waals surface area contributed by atoms with Crippen molar-refractivity contribution in [3.8, 4) is 0 Å². The number of carbonyl (C=O) groups excluding carboxylic acids is 2. The third-order valence-corrected chi connectivity index (χ3v) is 5.59. The summed E-state index contributed by atoms with van der Waals surface area (Å²) in [5, 5.41) is 0. The average molecular weight is 415 g/mol. The summed E-state index contributed by atoms with van der Waals surface area (Å²) in [7, 11) is 0. The van der Waals surface area contributed by atoms with Crippen LogP contribution in [-0.4, -0.2) is 45.9 Å². The number of hydrogen-bond donors (Lipinski definition) is 0. The fourth-order valence-electron chi connectivity index (χ4n) is 4.14. The molecule has 31 heavy (non-hydrogen) atoms. The van der Waals surface area contributed by atoms with Gasteiger partial charge in [0, 0.05) is 37.7 Å². The average Bonchev–Trinajstić information content (AvgIpc) is 3.35. The minimum Gasteiger partial charge on any atom is -0.334 e. The molecule has 0 aliphatic carbocycles. The molecule has 1 aromatic heterocycles. The van der Waals surface area contributed by atoms with Gasteiger partial charge in [-0.15, -0.1) is 13.2 Å². The van der Waals surface area contributed by atoms with Crippen LogP contribution in [0.4, 0.5) is 5.69 Å². The highest BCUT2D eigenvalue weighted by Gasteiger charge is 2.35. The largest absolute Gasteiger partial charge is 0.334 e. The summed E-state index contributed by atoms with van der Waals surface area (Å²) in [6, 6.07) is 17.5. The molecular formula is C25H26N4O2. The lowest BCUT2D eigenvalue weighted by atomic mass is 10.1. The molecular weight excluding hydrogens is 388 g/mol. The van der Waals surface area contributed by atoms with Crippen LogP contribution in [0.25, 0.3) is 11.0 Å². The maximum Gasteiger partial charge on any atom is 0.243 e. The van der Waals surface area contributed by atoms with Crippen molar-refractivity contribution < 1.29 is 9.59 Å². The van der Waals surface area contributed by atoms with Gasteiger partial charge in [0.05, 0.1) is 11.0 Å². The van der Waals surface area contributed by atoms with Gasteiger partial charge in [0.25, 0.3) is 0 Å². The number of rotatable bonds is 8. The molecule has 2 amide bonds. The van der Waals surface area contributed by atoms with Crippen LogP contribution in [-0.2, 0) is 16.1 Å². The Balaban J connectivity index is 1.67. The topological polar surface area (TPSA) is 58.4 Å². The van der Waals surface area contributed by atoms with E-state index in [-0.39, 0.29) is 24.3 Å². The highest BCUT2D eigenvalue weighted by atomic mass is 16.2. The molecule has 0 bridgehead atoms. The Morgan fingerprint density at radius 1 is 1.06 bits per heavy atom. The number of amides is 2. The van der Waals surface area contributed by atoms with Crippen LogP contribution >= 0.6 is 0 Å². The number of anilines is 1. The molecule has 1 aliphatic rings. The van der Waals surface area contributed by atoms with E-state index in [1.54, 1.807) is 22.0 Å². The van der Waals surface area contributed by atoms with E-state index in [0.29, 0.717) is 26.1 Å². The van der Waals surface area contributed by atoms with E-state index in [1.165, 1.54) is 0 Å². The van der Waals surface area contributed by atoms with Gasteiger partial charge in [0.1, 0.15) is 12.4 Å². The maximum absolute atomic E-state index is 13.1. The minimum absolute atomic E-state index is 0.0338. The van der Waals surface area contributed by atoms with Gasteiger partial charge in [-0.1, -0.05) is 42.5 Å². The van der Waals surface area contributed by atoms with Crippen LogP contribution in [0.2, 0.25) is 0 Å². The molecule has 158 valence electrons. The number of para-hydroxylation sites is 3. The van der Waals surface area contributed by atoms with Crippen molar-refractivity contribution in [1.82, 2.24) is 14.5 Å². The lowest BCUT2D eigenvalue weighted by molar-refractivity contribution is -0.130. The molecule has 1 unspecified atom stereocenters. The summed E-state index contributed by atoms with van der Waals surface area (Å²) in [6.45, 7) is 9.11. The molecule has 3 aromatic rings. The fraction of sp³-hybridized carbons (Fsp3) is 0.240. The van der Waals surface area contributed by atoms with E-state index in [4.69, 9.17) is 4.98 Å². The zero-order chi connectivity index (χ0) is 21.8. The van der Waals surface area contributed by atoms with Gasteiger partial charge in [-0.3, -0.25) is 9.59 Å². The Morgan fingerprint density at radius 2 is 1.74 bits per heavy atom. The predicted octanol–water partition coefficient (Wildman–Crippen LogP) is 3.76. The Bertz CT molecular complexity index is 1110. The van der Waals surface area contributed by atoms with Crippen LogP contribution in [0.5, 0.6) is 0 Å². The van der Waals surface area contributed by atoms with Gasteiger partial charge >= 0.3 is 0 Å². The van der Waals surface area contributed by atoms with Crippen LogP contribution in [0.1, 0.15) is 18.2 Å². The normalized spacial score (nSPS) is 15.9. The smallest absolute Gasteiger partial charge is 0.243 e. The van der Waals surface area contributed by atoms with E-state index < -0.39 is 0 Å². The van der Waals surface area contributed by atoms with Crippen molar-refractivity contribution in [3.63, 3.8) is 0 Å². The van der Waals surface area contributed by atoms with Gasteiger partial charge < -0.3 is 14.4 Å².